The number of esters is 1. The summed E-state index contributed by atoms with van der Waals surface area (Å²) < 4.78 is 21.4. The van der Waals surface area contributed by atoms with Gasteiger partial charge in [0.2, 0.25) is 11.9 Å². The van der Waals surface area contributed by atoms with Crippen LogP contribution >= 0.6 is 0 Å². The van der Waals surface area contributed by atoms with Crippen molar-refractivity contribution >= 4 is 28.9 Å². The van der Waals surface area contributed by atoms with E-state index in [0.717, 1.165) is 11.1 Å². The lowest BCUT2D eigenvalue weighted by Gasteiger charge is -2.38. The summed E-state index contributed by atoms with van der Waals surface area (Å²) in [5.41, 5.74) is 2.84. The maximum Gasteiger partial charge on any atom is 0.321 e. The van der Waals surface area contributed by atoms with Gasteiger partial charge in [0.1, 0.15) is 5.82 Å². The average molecular weight is 443 g/mol. The van der Waals surface area contributed by atoms with Crippen molar-refractivity contribution in [3.05, 3.63) is 95.8 Å². The zero-order valence-electron chi connectivity index (χ0n) is 18.0. The van der Waals surface area contributed by atoms with Crippen LogP contribution in [-0.2, 0) is 20.9 Å². The molecule has 4 aromatic rings. The number of halogens is 1. The standard InChI is InChI=1S/C26H22FN3O3/c1-2-33-25(32)22-23(18-11-8-12-19(27)15-18)30-21-14-7-6-13-20(21)28-26(30)29(24(22)31)16-17-9-4-3-5-10-17/h3-15,22-23H,2,16H2,1H3/t22-,23-/m1/s1. The smallest absolute Gasteiger partial charge is 0.321 e. The number of anilines is 1. The first-order valence-corrected chi connectivity index (χ1v) is 10.8. The number of para-hydroxylation sites is 2. The molecule has 0 bridgehead atoms. The van der Waals surface area contributed by atoms with E-state index in [1.165, 1.54) is 17.0 Å². The van der Waals surface area contributed by atoms with Crippen LogP contribution in [0.25, 0.3) is 11.0 Å². The van der Waals surface area contributed by atoms with Crippen LogP contribution in [0.4, 0.5) is 10.3 Å². The van der Waals surface area contributed by atoms with Gasteiger partial charge < -0.3 is 9.30 Å². The first kappa shape index (κ1) is 20.9. The highest BCUT2D eigenvalue weighted by Gasteiger charge is 2.47. The predicted octanol–water partition coefficient (Wildman–Crippen LogP) is 4.49. The molecule has 0 fully saturated rings. The van der Waals surface area contributed by atoms with E-state index in [2.05, 4.69) is 0 Å². The molecule has 1 aromatic heterocycles. The molecule has 0 saturated heterocycles. The van der Waals surface area contributed by atoms with E-state index < -0.39 is 29.7 Å². The highest BCUT2D eigenvalue weighted by atomic mass is 19.1. The van der Waals surface area contributed by atoms with Crippen LogP contribution in [0.15, 0.2) is 78.9 Å². The van der Waals surface area contributed by atoms with E-state index in [4.69, 9.17) is 9.72 Å². The maximum absolute atomic E-state index is 14.2. The molecule has 2 atom stereocenters. The Labute approximate surface area is 190 Å². The Kier molecular flexibility index (Phi) is 5.38. The third-order valence-corrected chi connectivity index (χ3v) is 5.86. The number of ether oxygens (including phenoxy) is 1. The van der Waals surface area contributed by atoms with Crippen molar-refractivity contribution in [1.82, 2.24) is 9.55 Å². The highest BCUT2D eigenvalue weighted by Crippen LogP contribution is 2.41. The summed E-state index contributed by atoms with van der Waals surface area (Å²) in [7, 11) is 0. The van der Waals surface area contributed by atoms with Gasteiger partial charge in [-0.05, 0) is 42.3 Å². The molecule has 3 aromatic carbocycles. The molecule has 5 rings (SSSR count). The number of rotatable bonds is 5. The molecule has 0 N–H and O–H groups in total. The third kappa shape index (κ3) is 3.65. The zero-order valence-corrected chi connectivity index (χ0v) is 18.0. The van der Waals surface area contributed by atoms with E-state index in [0.29, 0.717) is 17.0 Å². The molecule has 0 saturated carbocycles. The molecule has 0 radical (unpaired) electrons. The van der Waals surface area contributed by atoms with Gasteiger partial charge in [-0.1, -0.05) is 54.6 Å². The summed E-state index contributed by atoms with van der Waals surface area (Å²) in [5.74, 6) is -2.27. The first-order chi connectivity index (χ1) is 16.1. The van der Waals surface area contributed by atoms with Gasteiger partial charge in [0.05, 0.1) is 30.2 Å². The van der Waals surface area contributed by atoms with Crippen molar-refractivity contribution in [3.63, 3.8) is 0 Å². The van der Waals surface area contributed by atoms with Crippen molar-refractivity contribution in [2.24, 2.45) is 5.92 Å². The number of carbonyl (C=O) groups excluding carboxylic acids is 2. The molecule has 1 amide bonds. The van der Waals surface area contributed by atoms with E-state index in [1.807, 2.05) is 59.2 Å². The lowest BCUT2D eigenvalue weighted by Crippen LogP contribution is -2.49. The Morgan fingerprint density at radius 1 is 1.03 bits per heavy atom. The fourth-order valence-corrected chi connectivity index (χ4v) is 4.46. The fourth-order valence-electron chi connectivity index (χ4n) is 4.46. The Bertz CT molecular complexity index is 1340. The largest absolute Gasteiger partial charge is 0.465 e. The number of carbonyl (C=O) groups is 2. The summed E-state index contributed by atoms with van der Waals surface area (Å²) in [4.78, 5) is 33.2. The predicted molar refractivity (Wildman–Crippen MR) is 122 cm³/mol. The summed E-state index contributed by atoms with van der Waals surface area (Å²) in [5, 5.41) is 0. The van der Waals surface area contributed by atoms with E-state index in [9.17, 15) is 14.0 Å². The molecule has 1 aliphatic rings. The molecule has 2 heterocycles. The summed E-state index contributed by atoms with van der Waals surface area (Å²) in [6, 6.07) is 22.2. The van der Waals surface area contributed by atoms with E-state index in [1.54, 1.807) is 19.1 Å². The van der Waals surface area contributed by atoms with Crippen molar-refractivity contribution < 1.29 is 18.7 Å². The average Bonchev–Trinajstić information content (AvgIpc) is 3.20. The second-order valence-corrected chi connectivity index (χ2v) is 7.91. The van der Waals surface area contributed by atoms with Crippen molar-refractivity contribution in [2.75, 3.05) is 11.5 Å². The van der Waals surface area contributed by atoms with Crippen LogP contribution in [0, 0.1) is 11.7 Å². The Morgan fingerprint density at radius 3 is 2.55 bits per heavy atom. The SMILES string of the molecule is CCOC(=O)[C@H]1C(=O)N(Cc2ccccc2)c2nc3ccccc3n2[C@@H]1c1cccc(F)c1. The van der Waals surface area contributed by atoms with Crippen LogP contribution < -0.4 is 4.90 Å². The fraction of sp³-hybridized carbons (Fsp3) is 0.192. The lowest BCUT2D eigenvalue weighted by atomic mass is 9.89. The number of hydrogen-bond donors (Lipinski definition) is 0. The van der Waals surface area contributed by atoms with Gasteiger partial charge in [0, 0.05) is 0 Å². The van der Waals surface area contributed by atoms with E-state index >= 15 is 0 Å². The first-order valence-electron chi connectivity index (χ1n) is 10.8. The van der Waals surface area contributed by atoms with Crippen molar-refractivity contribution in [1.29, 1.82) is 0 Å². The number of imidazole rings is 1. The summed E-state index contributed by atoms with van der Waals surface area (Å²) in [6.45, 7) is 2.08. The molecular weight excluding hydrogens is 421 g/mol. The number of nitrogens with zero attached hydrogens (tertiary/aromatic N) is 3. The molecular formula is C26H22FN3O3. The van der Waals surface area contributed by atoms with Crippen LogP contribution in [0.3, 0.4) is 0 Å². The molecule has 7 heteroatoms. The van der Waals surface area contributed by atoms with Gasteiger partial charge in [-0.25, -0.2) is 9.37 Å². The number of benzene rings is 3. The monoisotopic (exact) mass is 443 g/mol. The Balaban J connectivity index is 1.76. The van der Waals surface area contributed by atoms with Gasteiger partial charge in [-0.2, -0.15) is 0 Å². The summed E-state index contributed by atoms with van der Waals surface area (Å²) in [6.07, 6.45) is 0. The Morgan fingerprint density at radius 2 is 1.79 bits per heavy atom. The second-order valence-electron chi connectivity index (χ2n) is 7.91. The number of hydrogen-bond acceptors (Lipinski definition) is 4. The number of fused-ring (bicyclic) bond motifs is 3. The van der Waals surface area contributed by atoms with Crippen molar-refractivity contribution in [3.8, 4) is 0 Å². The van der Waals surface area contributed by atoms with Gasteiger partial charge in [-0.15, -0.1) is 0 Å². The molecule has 6 nitrogen and oxygen atoms in total. The minimum atomic E-state index is -1.18. The second kappa shape index (κ2) is 8.50. The minimum absolute atomic E-state index is 0.134. The lowest BCUT2D eigenvalue weighted by molar-refractivity contribution is -0.153. The van der Waals surface area contributed by atoms with Crippen molar-refractivity contribution in [2.45, 2.75) is 19.5 Å². The maximum atomic E-state index is 14.2. The molecule has 0 spiro atoms. The molecule has 166 valence electrons. The number of aromatic nitrogens is 2. The van der Waals surface area contributed by atoms with Crippen LogP contribution in [0.2, 0.25) is 0 Å². The quantitative estimate of drug-likeness (QED) is 0.337. The topological polar surface area (TPSA) is 64.4 Å². The molecule has 0 aliphatic carbocycles. The van der Waals surface area contributed by atoms with Crippen LogP contribution in [0.1, 0.15) is 24.1 Å². The van der Waals surface area contributed by atoms with Gasteiger partial charge >= 0.3 is 5.97 Å². The molecule has 33 heavy (non-hydrogen) atoms. The van der Waals surface area contributed by atoms with Gasteiger partial charge in [-0.3, -0.25) is 14.5 Å². The van der Waals surface area contributed by atoms with E-state index in [-0.39, 0.29) is 13.2 Å². The Hall–Kier alpha value is -4.00. The number of amides is 1. The highest BCUT2D eigenvalue weighted by molar-refractivity contribution is 6.08. The normalized spacial score (nSPS) is 17.8. The van der Waals surface area contributed by atoms with Crippen LogP contribution in [-0.4, -0.2) is 28.0 Å². The third-order valence-electron chi connectivity index (χ3n) is 5.86. The van der Waals surface area contributed by atoms with Gasteiger partial charge in [0.15, 0.2) is 5.92 Å². The molecule has 0 unspecified atom stereocenters. The van der Waals surface area contributed by atoms with Crippen LogP contribution in [0.5, 0.6) is 0 Å². The minimum Gasteiger partial charge on any atom is -0.465 e. The summed E-state index contributed by atoms with van der Waals surface area (Å²) >= 11 is 0. The molecule has 1 aliphatic heterocycles. The van der Waals surface area contributed by atoms with Gasteiger partial charge in [0.25, 0.3) is 0 Å². The zero-order chi connectivity index (χ0) is 22.9.